The van der Waals surface area contributed by atoms with Crippen molar-refractivity contribution >= 4 is 0 Å². The van der Waals surface area contributed by atoms with E-state index >= 15 is 0 Å². The first-order valence-electron chi connectivity index (χ1n) is 6.96. The van der Waals surface area contributed by atoms with Crippen LogP contribution < -0.4 is 5.32 Å². The van der Waals surface area contributed by atoms with E-state index in [1.807, 2.05) is 0 Å². The van der Waals surface area contributed by atoms with Crippen LogP contribution >= 0.6 is 0 Å². The van der Waals surface area contributed by atoms with Gasteiger partial charge in [-0.15, -0.1) is 0 Å². The molecule has 0 unspecified atom stereocenters. The average Bonchev–Trinajstić information content (AvgIpc) is 2.28. The molecular weight excluding hydrogens is 212 g/mol. The summed E-state index contributed by atoms with van der Waals surface area (Å²) in [5.74, 6) is 0.903. The first kappa shape index (κ1) is 14.9. The summed E-state index contributed by atoms with van der Waals surface area (Å²) < 4.78 is 5.01. The summed E-state index contributed by atoms with van der Waals surface area (Å²) in [6.07, 6.45) is 2.73. The van der Waals surface area contributed by atoms with E-state index in [4.69, 9.17) is 4.74 Å². The molecule has 1 rings (SSSR count). The second-order valence-corrected chi connectivity index (χ2v) is 6.22. The Labute approximate surface area is 107 Å². The molecule has 1 aliphatic rings. The molecule has 0 radical (unpaired) electrons. The molecule has 0 aromatic rings. The highest BCUT2D eigenvalue weighted by atomic mass is 16.5. The molecule has 102 valence electrons. The zero-order valence-corrected chi connectivity index (χ0v) is 12.1. The van der Waals surface area contributed by atoms with Crippen molar-refractivity contribution in [3.63, 3.8) is 0 Å². The van der Waals surface area contributed by atoms with Gasteiger partial charge in [0, 0.05) is 26.7 Å². The van der Waals surface area contributed by atoms with Crippen LogP contribution in [0.3, 0.4) is 0 Å². The van der Waals surface area contributed by atoms with Gasteiger partial charge in [0.25, 0.3) is 0 Å². The number of ether oxygens (including phenoxy) is 1. The van der Waals surface area contributed by atoms with Crippen molar-refractivity contribution < 1.29 is 4.74 Å². The third kappa shape index (κ3) is 5.84. The molecule has 3 nitrogen and oxygen atoms in total. The SMILES string of the molecule is COCCNCCN1CCC(C(C)(C)C)CC1. The van der Waals surface area contributed by atoms with Gasteiger partial charge in [-0.2, -0.15) is 0 Å². The average molecular weight is 242 g/mol. The molecule has 1 aliphatic heterocycles. The first-order valence-corrected chi connectivity index (χ1v) is 6.96. The summed E-state index contributed by atoms with van der Waals surface area (Å²) in [5.41, 5.74) is 0.489. The fraction of sp³-hybridized carbons (Fsp3) is 1.00. The molecule has 1 saturated heterocycles. The fourth-order valence-corrected chi connectivity index (χ4v) is 2.56. The van der Waals surface area contributed by atoms with Crippen molar-refractivity contribution in [2.45, 2.75) is 33.6 Å². The Morgan fingerprint density at radius 3 is 2.35 bits per heavy atom. The number of nitrogens with one attached hydrogen (secondary N) is 1. The lowest BCUT2D eigenvalue weighted by Crippen LogP contribution is -2.41. The number of hydrogen-bond donors (Lipinski definition) is 1. The number of methoxy groups -OCH3 is 1. The van der Waals surface area contributed by atoms with Crippen LogP contribution in [0.25, 0.3) is 0 Å². The molecular formula is C14H30N2O. The second-order valence-electron chi connectivity index (χ2n) is 6.22. The van der Waals surface area contributed by atoms with Gasteiger partial charge in [0.1, 0.15) is 0 Å². The third-order valence-electron chi connectivity index (χ3n) is 3.90. The Hall–Kier alpha value is -0.120. The molecule has 1 fully saturated rings. The smallest absolute Gasteiger partial charge is 0.0587 e. The topological polar surface area (TPSA) is 24.5 Å². The Balaban J connectivity index is 2.07. The lowest BCUT2D eigenvalue weighted by molar-refractivity contribution is 0.112. The van der Waals surface area contributed by atoms with Crippen LogP contribution in [0, 0.1) is 11.3 Å². The van der Waals surface area contributed by atoms with Crippen molar-refractivity contribution in [2.24, 2.45) is 11.3 Å². The van der Waals surface area contributed by atoms with E-state index in [-0.39, 0.29) is 0 Å². The van der Waals surface area contributed by atoms with E-state index in [0.29, 0.717) is 5.41 Å². The number of piperidine rings is 1. The van der Waals surface area contributed by atoms with E-state index in [0.717, 1.165) is 25.6 Å². The van der Waals surface area contributed by atoms with Crippen LogP contribution in [0.4, 0.5) is 0 Å². The number of nitrogens with zero attached hydrogens (tertiary/aromatic N) is 1. The number of hydrogen-bond acceptors (Lipinski definition) is 3. The molecule has 0 saturated carbocycles. The maximum Gasteiger partial charge on any atom is 0.0587 e. The van der Waals surface area contributed by atoms with Crippen LogP contribution in [-0.2, 0) is 4.74 Å². The zero-order chi connectivity index (χ0) is 12.7. The minimum Gasteiger partial charge on any atom is -0.383 e. The molecule has 1 N–H and O–H groups in total. The van der Waals surface area contributed by atoms with Gasteiger partial charge in [-0.05, 0) is 37.3 Å². The summed E-state index contributed by atoms with van der Waals surface area (Å²) in [6, 6.07) is 0. The van der Waals surface area contributed by atoms with Crippen molar-refractivity contribution in [1.82, 2.24) is 10.2 Å². The maximum absolute atomic E-state index is 5.01. The van der Waals surface area contributed by atoms with Crippen LogP contribution in [0.2, 0.25) is 0 Å². The lowest BCUT2D eigenvalue weighted by atomic mass is 9.75. The van der Waals surface area contributed by atoms with Gasteiger partial charge < -0.3 is 15.0 Å². The van der Waals surface area contributed by atoms with Gasteiger partial charge in [-0.25, -0.2) is 0 Å². The molecule has 0 atom stereocenters. The predicted molar refractivity (Wildman–Crippen MR) is 73.4 cm³/mol. The first-order chi connectivity index (χ1) is 8.04. The van der Waals surface area contributed by atoms with Crippen molar-refractivity contribution in [1.29, 1.82) is 0 Å². The summed E-state index contributed by atoms with van der Waals surface area (Å²) in [4.78, 5) is 2.59. The van der Waals surface area contributed by atoms with Crippen molar-refractivity contribution in [3.8, 4) is 0 Å². The Morgan fingerprint density at radius 2 is 1.82 bits per heavy atom. The van der Waals surface area contributed by atoms with Crippen molar-refractivity contribution in [3.05, 3.63) is 0 Å². The van der Waals surface area contributed by atoms with Crippen LogP contribution in [0.15, 0.2) is 0 Å². The van der Waals surface area contributed by atoms with Gasteiger partial charge in [-0.3, -0.25) is 0 Å². The van der Waals surface area contributed by atoms with Gasteiger partial charge in [-0.1, -0.05) is 20.8 Å². The van der Waals surface area contributed by atoms with Gasteiger partial charge in [0.05, 0.1) is 6.61 Å². The largest absolute Gasteiger partial charge is 0.383 e. The second kappa shape index (κ2) is 7.34. The van der Waals surface area contributed by atoms with Gasteiger partial charge in [0.2, 0.25) is 0 Å². The maximum atomic E-state index is 5.01. The zero-order valence-electron chi connectivity index (χ0n) is 12.1. The van der Waals surface area contributed by atoms with E-state index in [9.17, 15) is 0 Å². The molecule has 17 heavy (non-hydrogen) atoms. The summed E-state index contributed by atoms with van der Waals surface area (Å²) in [6.45, 7) is 13.7. The minimum atomic E-state index is 0.489. The van der Waals surface area contributed by atoms with Crippen molar-refractivity contribution in [2.75, 3.05) is 46.4 Å². The van der Waals surface area contributed by atoms with Crippen LogP contribution in [-0.4, -0.2) is 51.3 Å². The quantitative estimate of drug-likeness (QED) is 0.721. The standard InChI is InChI=1S/C14H30N2O/c1-14(2,3)13-5-9-16(10-6-13)11-7-15-8-12-17-4/h13,15H,5-12H2,1-4H3. The molecule has 1 heterocycles. The monoisotopic (exact) mass is 242 g/mol. The van der Waals surface area contributed by atoms with Gasteiger partial charge >= 0.3 is 0 Å². The highest BCUT2D eigenvalue weighted by Crippen LogP contribution is 2.33. The Bertz CT molecular complexity index is 193. The summed E-state index contributed by atoms with van der Waals surface area (Å²) >= 11 is 0. The number of likely N-dealkylation sites (tertiary alicyclic amines) is 1. The highest BCUT2D eigenvalue weighted by molar-refractivity contribution is 4.80. The molecule has 3 heteroatoms. The Morgan fingerprint density at radius 1 is 1.18 bits per heavy atom. The molecule has 0 amide bonds. The molecule has 0 aromatic carbocycles. The number of rotatable bonds is 6. The molecule has 0 bridgehead atoms. The molecule has 0 aliphatic carbocycles. The van der Waals surface area contributed by atoms with Gasteiger partial charge in [0.15, 0.2) is 0 Å². The minimum absolute atomic E-state index is 0.489. The lowest BCUT2D eigenvalue weighted by Gasteiger charge is -2.38. The van der Waals surface area contributed by atoms with E-state index in [2.05, 4.69) is 31.0 Å². The third-order valence-corrected chi connectivity index (χ3v) is 3.90. The Kier molecular flexibility index (Phi) is 6.45. The predicted octanol–water partition coefficient (Wildman–Crippen LogP) is 1.98. The fourth-order valence-electron chi connectivity index (χ4n) is 2.56. The molecule has 0 spiro atoms. The molecule has 0 aromatic heterocycles. The van der Waals surface area contributed by atoms with Crippen LogP contribution in [0.1, 0.15) is 33.6 Å². The summed E-state index contributed by atoms with van der Waals surface area (Å²) in [5, 5.41) is 3.41. The van der Waals surface area contributed by atoms with E-state index < -0.39 is 0 Å². The van der Waals surface area contributed by atoms with E-state index in [1.54, 1.807) is 7.11 Å². The highest BCUT2D eigenvalue weighted by Gasteiger charge is 2.28. The van der Waals surface area contributed by atoms with Crippen LogP contribution in [0.5, 0.6) is 0 Å². The summed E-state index contributed by atoms with van der Waals surface area (Å²) in [7, 11) is 1.75. The van der Waals surface area contributed by atoms with E-state index in [1.165, 1.54) is 32.5 Å². The normalized spacial score (nSPS) is 19.8.